The Balaban J connectivity index is 1.91. The number of benzene rings is 3. The highest BCUT2D eigenvalue weighted by Crippen LogP contribution is 2.47. The van der Waals surface area contributed by atoms with E-state index in [4.69, 9.17) is 4.74 Å². The van der Waals surface area contributed by atoms with Crippen molar-refractivity contribution in [2.75, 3.05) is 0 Å². The summed E-state index contributed by atoms with van der Waals surface area (Å²) in [7, 11) is 0. The first-order chi connectivity index (χ1) is 12.7. The highest BCUT2D eigenvalue weighted by molar-refractivity contribution is 5.81. The maximum absolute atomic E-state index is 12.2. The van der Waals surface area contributed by atoms with E-state index in [0.29, 0.717) is 17.1 Å². The van der Waals surface area contributed by atoms with Crippen LogP contribution >= 0.6 is 0 Å². The SMILES string of the molecule is O=C(O)[C@H]1c2ccccc2O/C(=C\c2ccccc2)[C@@H]1c1ccccc1. The molecule has 0 aliphatic carbocycles. The Morgan fingerprint density at radius 1 is 0.846 bits per heavy atom. The summed E-state index contributed by atoms with van der Waals surface area (Å²) in [5, 5.41) is 10.0. The van der Waals surface area contributed by atoms with Crippen molar-refractivity contribution in [3.05, 3.63) is 107 Å². The first-order valence-corrected chi connectivity index (χ1v) is 8.55. The number of fused-ring (bicyclic) bond motifs is 1. The molecule has 0 fully saturated rings. The maximum Gasteiger partial charge on any atom is 0.312 e. The molecule has 26 heavy (non-hydrogen) atoms. The molecule has 3 aromatic rings. The van der Waals surface area contributed by atoms with Crippen LogP contribution in [-0.2, 0) is 4.79 Å². The molecule has 1 N–H and O–H groups in total. The third-order valence-corrected chi connectivity index (χ3v) is 4.65. The topological polar surface area (TPSA) is 46.5 Å². The standard InChI is InChI=1S/C23H18O3/c24-23(25)22-18-13-7-8-14-19(18)26-20(15-16-9-3-1-4-10-16)21(22)17-11-5-2-6-12-17/h1-15,21-22H,(H,24,25)/b20-15-/t21-,22-/m0/s1. The van der Waals surface area contributed by atoms with Gasteiger partial charge in [0.1, 0.15) is 11.5 Å². The van der Waals surface area contributed by atoms with Crippen molar-refractivity contribution in [3.8, 4) is 5.75 Å². The van der Waals surface area contributed by atoms with Crippen LogP contribution in [0.25, 0.3) is 6.08 Å². The minimum atomic E-state index is -0.853. The van der Waals surface area contributed by atoms with Gasteiger partial charge in [-0.3, -0.25) is 4.79 Å². The van der Waals surface area contributed by atoms with Crippen molar-refractivity contribution in [3.63, 3.8) is 0 Å². The minimum Gasteiger partial charge on any atom is -0.481 e. The van der Waals surface area contributed by atoms with Gasteiger partial charge in [0.2, 0.25) is 0 Å². The second-order valence-corrected chi connectivity index (χ2v) is 6.30. The second-order valence-electron chi connectivity index (χ2n) is 6.30. The molecule has 0 saturated heterocycles. The van der Waals surface area contributed by atoms with Crippen LogP contribution in [0, 0.1) is 0 Å². The number of allylic oxidation sites excluding steroid dienone is 1. The number of aliphatic carboxylic acids is 1. The maximum atomic E-state index is 12.2. The predicted octanol–water partition coefficient (Wildman–Crippen LogP) is 5.07. The fourth-order valence-electron chi connectivity index (χ4n) is 3.49. The van der Waals surface area contributed by atoms with Gasteiger partial charge in [0.05, 0.1) is 11.8 Å². The number of carbonyl (C=O) groups is 1. The van der Waals surface area contributed by atoms with Gasteiger partial charge < -0.3 is 9.84 Å². The molecule has 2 atom stereocenters. The van der Waals surface area contributed by atoms with E-state index < -0.39 is 11.9 Å². The van der Waals surface area contributed by atoms with E-state index in [-0.39, 0.29) is 5.92 Å². The fraction of sp³-hybridized carbons (Fsp3) is 0.0870. The van der Waals surface area contributed by atoms with E-state index in [2.05, 4.69) is 0 Å². The van der Waals surface area contributed by atoms with Crippen molar-refractivity contribution in [1.29, 1.82) is 0 Å². The number of carboxylic acid groups (broad SMARTS) is 1. The molecule has 0 amide bonds. The molecule has 4 rings (SSSR count). The first-order valence-electron chi connectivity index (χ1n) is 8.55. The molecule has 0 bridgehead atoms. The quantitative estimate of drug-likeness (QED) is 0.723. The Morgan fingerprint density at radius 3 is 2.15 bits per heavy atom. The summed E-state index contributed by atoms with van der Waals surface area (Å²) >= 11 is 0. The Labute approximate surface area is 152 Å². The van der Waals surface area contributed by atoms with E-state index in [1.54, 1.807) is 0 Å². The summed E-state index contributed by atoms with van der Waals surface area (Å²) < 4.78 is 6.18. The average molecular weight is 342 g/mol. The van der Waals surface area contributed by atoms with Crippen LogP contribution in [0.4, 0.5) is 0 Å². The zero-order valence-corrected chi connectivity index (χ0v) is 14.1. The van der Waals surface area contributed by atoms with Crippen LogP contribution in [-0.4, -0.2) is 11.1 Å². The normalized spacial score (nSPS) is 20.2. The van der Waals surface area contributed by atoms with Crippen molar-refractivity contribution in [2.24, 2.45) is 0 Å². The second kappa shape index (κ2) is 6.89. The first kappa shape index (κ1) is 16.2. The molecule has 0 saturated carbocycles. The van der Waals surface area contributed by atoms with Crippen LogP contribution in [0.5, 0.6) is 5.75 Å². The van der Waals surface area contributed by atoms with Gasteiger partial charge in [-0.15, -0.1) is 0 Å². The van der Waals surface area contributed by atoms with Crippen LogP contribution in [0.1, 0.15) is 28.5 Å². The number of hydrogen-bond acceptors (Lipinski definition) is 2. The molecule has 3 aromatic carbocycles. The summed E-state index contributed by atoms with van der Waals surface area (Å²) in [6.07, 6.45) is 1.93. The number of hydrogen-bond donors (Lipinski definition) is 1. The van der Waals surface area contributed by atoms with E-state index in [1.165, 1.54) is 0 Å². The molecule has 1 aliphatic heterocycles. The monoisotopic (exact) mass is 342 g/mol. The summed E-state index contributed by atoms with van der Waals surface area (Å²) in [6, 6.07) is 26.9. The van der Waals surface area contributed by atoms with Gasteiger partial charge in [0.15, 0.2) is 0 Å². The molecule has 0 unspecified atom stereocenters. The van der Waals surface area contributed by atoms with E-state index >= 15 is 0 Å². The lowest BCUT2D eigenvalue weighted by molar-refractivity contribution is -0.139. The van der Waals surface area contributed by atoms with Crippen molar-refractivity contribution >= 4 is 12.0 Å². The van der Waals surface area contributed by atoms with E-state index in [0.717, 1.165) is 11.1 Å². The molecule has 0 spiro atoms. The van der Waals surface area contributed by atoms with Crippen molar-refractivity contribution in [2.45, 2.75) is 11.8 Å². The molecular formula is C23H18O3. The molecular weight excluding hydrogens is 324 g/mol. The van der Waals surface area contributed by atoms with Crippen molar-refractivity contribution in [1.82, 2.24) is 0 Å². The zero-order chi connectivity index (χ0) is 17.9. The number of ether oxygens (including phenoxy) is 1. The Morgan fingerprint density at radius 2 is 1.46 bits per heavy atom. The van der Waals surface area contributed by atoms with Gasteiger partial charge in [0, 0.05) is 5.56 Å². The highest BCUT2D eigenvalue weighted by Gasteiger charge is 2.40. The van der Waals surface area contributed by atoms with Gasteiger partial charge in [-0.25, -0.2) is 0 Å². The number of para-hydroxylation sites is 1. The summed E-state index contributed by atoms with van der Waals surface area (Å²) in [6.45, 7) is 0. The lowest BCUT2D eigenvalue weighted by Gasteiger charge is -2.33. The van der Waals surface area contributed by atoms with Crippen LogP contribution in [0.15, 0.2) is 90.7 Å². The van der Waals surface area contributed by atoms with Gasteiger partial charge >= 0.3 is 5.97 Å². The molecule has 1 aliphatic rings. The summed E-state index contributed by atoms with van der Waals surface area (Å²) in [5.74, 6) is -0.683. The van der Waals surface area contributed by atoms with E-state index in [1.807, 2.05) is 91.0 Å². The fourth-order valence-corrected chi connectivity index (χ4v) is 3.49. The molecule has 128 valence electrons. The predicted molar refractivity (Wildman–Crippen MR) is 101 cm³/mol. The highest BCUT2D eigenvalue weighted by atomic mass is 16.5. The molecule has 0 radical (unpaired) electrons. The average Bonchev–Trinajstić information content (AvgIpc) is 2.68. The lowest BCUT2D eigenvalue weighted by Crippen LogP contribution is -2.28. The van der Waals surface area contributed by atoms with Gasteiger partial charge in [-0.1, -0.05) is 78.9 Å². The Kier molecular flexibility index (Phi) is 4.28. The van der Waals surface area contributed by atoms with Crippen LogP contribution in [0.3, 0.4) is 0 Å². The van der Waals surface area contributed by atoms with E-state index in [9.17, 15) is 9.90 Å². The smallest absolute Gasteiger partial charge is 0.312 e. The number of carboxylic acids is 1. The molecule has 0 aromatic heterocycles. The molecule has 3 nitrogen and oxygen atoms in total. The van der Waals surface area contributed by atoms with Gasteiger partial charge in [0.25, 0.3) is 0 Å². The zero-order valence-electron chi connectivity index (χ0n) is 14.1. The Hall–Kier alpha value is -3.33. The lowest BCUT2D eigenvalue weighted by atomic mass is 9.77. The van der Waals surface area contributed by atoms with Crippen molar-refractivity contribution < 1.29 is 14.6 Å². The number of rotatable bonds is 3. The van der Waals surface area contributed by atoms with Gasteiger partial charge in [-0.2, -0.15) is 0 Å². The van der Waals surface area contributed by atoms with Crippen LogP contribution in [0.2, 0.25) is 0 Å². The minimum absolute atomic E-state index is 0.385. The summed E-state index contributed by atoms with van der Waals surface area (Å²) in [5.41, 5.74) is 2.61. The van der Waals surface area contributed by atoms with Crippen LogP contribution < -0.4 is 4.74 Å². The van der Waals surface area contributed by atoms with Gasteiger partial charge in [-0.05, 0) is 23.3 Å². The summed E-state index contributed by atoms with van der Waals surface area (Å²) in [4.78, 5) is 12.2. The third-order valence-electron chi connectivity index (χ3n) is 4.65. The third kappa shape index (κ3) is 3.00. The Bertz CT molecular complexity index is 945. The molecule has 3 heteroatoms. The molecule has 1 heterocycles. The largest absolute Gasteiger partial charge is 0.481 e.